The van der Waals surface area contributed by atoms with E-state index < -0.39 is 52.8 Å². The van der Waals surface area contributed by atoms with Gasteiger partial charge in [0.15, 0.2) is 0 Å². The molecule has 11 heteroatoms. The molecule has 0 spiro atoms. The van der Waals surface area contributed by atoms with Crippen LogP contribution in [0.25, 0.3) is 0 Å². The number of carbonyl (C=O) groups is 4. The van der Waals surface area contributed by atoms with Crippen LogP contribution in [-0.2, 0) is 30.3 Å². The predicted octanol–water partition coefficient (Wildman–Crippen LogP) is 4.04. The molecule has 0 radical (unpaired) electrons. The SMILES string of the molecule is COC(=O)Cc1cccc(NC(=O)N[C@@H](C)C(=O)N2[C@@H](c3ccccc3F)SC[C@H]2C(=O)OC(C)(C)C)c1. The van der Waals surface area contributed by atoms with E-state index in [1.54, 1.807) is 63.2 Å². The molecule has 2 aromatic rings. The molecule has 1 heterocycles. The number of ether oxygens (including phenoxy) is 2. The van der Waals surface area contributed by atoms with Crippen LogP contribution in [0.15, 0.2) is 48.5 Å². The number of benzene rings is 2. The normalized spacial score (nSPS) is 17.9. The molecule has 0 saturated carbocycles. The quantitative estimate of drug-likeness (QED) is 0.505. The van der Waals surface area contributed by atoms with Gasteiger partial charge in [0.05, 0.1) is 13.5 Å². The number of amides is 3. The Kier molecular flexibility index (Phi) is 9.37. The van der Waals surface area contributed by atoms with Crippen LogP contribution >= 0.6 is 11.8 Å². The molecule has 0 aromatic heterocycles. The molecule has 1 aliphatic heterocycles. The van der Waals surface area contributed by atoms with Gasteiger partial charge in [-0.3, -0.25) is 9.59 Å². The molecule has 0 aliphatic carbocycles. The second kappa shape index (κ2) is 12.3. The molecule has 2 aromatic carbocycles. The van der Waals surface area contributed by atoms with E-state index in [2.05, 4.69) is 15.4 Å². The van der Waals surface area contributed by atoms with Gasteiger partial charge in [-0.05, 0) is 51.5 Å². The van der Waals surface area contributed by atoms with Crippen molar-refractivity contribution < 1.29 is 33.0 Å². The van der Waals surface area contributed by atoms with Gasteiger partial charge in [-0.1, -0.05) is 30.3 Å². The van der Waals surface area contributed by atoms with E-state index in [4.69, 9.17) is 4.74 Å². The fourth-order valence-electron chi connectivity index (χ4n) is 3.89. The van der Waals surface area contributed by atoms with Crippen LogP contribution in [-0.4, -0.2) is 59.3 Å². The average molecular weight is 546 g/mol. The summed E-state index contributed by atoms with van der Waals surface area (Å²) in [5.41, 5.74) is 0.534. The van der Waals surface area contributed by atoms with Crippen LogP contribution in [0.4, 0.5) is 14.9 Å². The molecule has 3 atom stereocenters. The van der Waals surface area contributed by atoms with Crippen molar-refractivity contribution in [1.82, 2.24) is 10.2 Å². The van der Waals surface area contributed by atoms with Crippen LogP contribution in [0.2, 0.25) is 0 Å². The second-order valence-corrected chi connectivity index (χ2v) is 10.9. The lowest BCUT2D eigenvalue weighted by Crippen LogP contribution is -2.53. The van der Waals surface area contributed by atoms with E-state index in [0.717, 1.165) is 0 Å². The summed E-state index contributed by atoms with van der Waals surface area (Å²) in [5, 5.41) is 4.45. The molecule has 1 fully saturated rings. The zero-order chi connectivity index (χ0) is 28.0. The minimum Gasteiger partial charge on any atom is -0.469 e. The molecule has 2 N–H and O–H groups in total. The van der Waals surface area contributed by atoms with E-state index in [-0.39, 0.29) is 17.7 Å². The third-order valence-corrected chi connectivity index (χ3v) is 6.89. The van der Waals surface area contributed by atoms with Crippen LogP contribution < -0.4 is 10.6 Å². The Hall–Kier alpha value is -3.60. The van der Waals surface area contributed by atoms with Gasteiger partial charge in [0, 0.05) is 17.0 Å². The molecular weight excluding hydrogens is 513 g/mol. The summed E-state index contributed by atoms with van der Waals surface area (Å²) < 4.78 is 24.9. The minimum absolute atomic E-state index is 0.0403. The Morgan fingerprint density at radius 1 is 1.13 bits per heavy atom. The molecule has 1 aliphatic rings. The predicted molar refractivity (Wildman–Crippen MR) is 142 cm³/mol. The van der Waals surface area contributed by atoms with E-state index >= 15 is 0 Å². The Labute approximate surface area is 225 Å². The van der Waals surface area contributed by atoms with Gasteiger partial charge in [-0.15, -0.1) is 11.8 Å². The number of carbonyl (C=O) groups excluding carboxylic acids is 4. The highest BCUT2D eigenvalue weighted by molar-refractivity contribution is 7.99. The molecule has 3 rings (SSSR count). The number of urea groups is 1. The molecular formula is C27H32FN3O6S. The Bertz CT molecular complexity index is 1200. The van der Waals surface area contributed by atoms with E-state index in [0.29, 0.717) is 11.3 Å². The van der Waals surface area contributed by atoms with Crippen LogP contribution in [0, 0.1) is 5.82 Å². The van der Waals surface area contributed by atoms with Crippen LogP contribution in [0.3, 0.4) is 0 Å². The van der Waals surface area contributed by atoms with Gasteiger partial charge in [0.1, 0.15) is 28.9 Å². The van der Waals surface area contributed by atoms with Gasteiger partial charge in [-0.25, -0.2) is 14.0 Å². The van der Waals surface area contributed by atoms with Crippen LogP contribution in [0.5, 0.6) is 0 Å². The van der Waals surface area contributed by atoms with Crippen molar-refractivity contribution in [3.63, 3.8) is 0 Å². The van der Waals surface area contributed by atoms with Gasteiger partial charge in [-0.2, -0.15) is 0 Å². The largest absolute Gasteiger partial charge is 0.469 e. The number of thioether (sulfide) groups is 1. The number of hydrogen-bond acceptors (Lipinski definition) is 7. The van der Waals surface area contributed by atoms with Crippen molar-refractivity contribution in [2.45, 2.75) is 57.2 Å². The smallest absolute Gasteiger partial charge is 0.330 e. The summed E-state index contributed by atoms with van der Waals surface area (Å²) in [4.78, 5) is 52.1. The van der Waals surface area contributed by atoms with Crippen LogP contribution in [0.1, 0.15) is 44.2 Å². The lowest BCUT2D eigenvalue weighted by molar-refractivity contribution is -0.164. The third-order valence-electron chi connectivity index (χ3n) is 5.58. The van der Waals surface area contributed by atoms with Crippen molar-refractivity contribution in [2.75, 3.05) is 18.2 Å². The summed E-state index contributed by atoms with van der Waals surface area (Å²) in [5.74, 6) is -1.87. The first-order valence-electron chi connectivity index (χ1n) is 12.0. The number of methoxy groups -OCH3 is 1. The third kappa shape index (κ3) is 7.47. The summed E-state index contributed by atoms with van der Waals surface area (Å²) >= 11 is 1.25. The number of rotatable bonds is 7. The maximum absolute atomic E-state index is 14.7. The fraction of sp³-hybridized carbons (Fsp3) is 0.407. The highest BCUT2D eigenvalue weighted by atomic mass is 32.2. The Morgan fingerprint density at radius 3 is 2.50 bits per heavy atom. The summed E-state index contributed by atoms with van der Waals surface area (Å²) in [6.07, 6.45) is 0.0403. The van der Waals surface area contributed by atoms with Gasteiger partial charge in [0.25, 0.3) is 0 Å². The number of nitrogens with one attached hydrogen (secondary N) is 2. The first-order valence-corrected chi connectivity index (χ1v) is 13.1. The zero-order valence-corrected chi connectivity index (χ0v) is 22.8. The topological polar surface area (TPSA) is 114 Å². The average Bonchev–Trinajstić information content (AvgIpc) is 3.28. The molecule has 9 nitrogen and oxygen atoms in total. The van der Waals surface area contributed by atoms with E-state index in [9.17, 15) is 23.6 Å². The summed E-state index contributed by atoms with van der Waals surface area (Å²) in [7, 11) is 1.29. The molecule has 0 bridgehead atoms. The second-order valence-electron chi connectivity index (χ2n) is 9.78. The van der Waals surface area contributed by atoms with E-state index in [1.807, 2.05) is 0 Å². The highest BCUT2D eigenvalue weighted by Gasteiger charge is 2.46. The zero-order valence-electron chi connectivity index (χ0n) is 21.9. The Morgan fingerprint density at radius 2 is 1.84 bits per heavy atom. The lowest BCUT2D eigenvalue weighted by Gasteiger charge is -2.32. The van der Waals surface area contributed by atoms with Gasteiger partial charge >= 0.3 is 18.0 Å². The molecule has 0 unspecified atom stereocenters. The monoisotopic (exact) mass is 545 g/mol. The molecule has 38 heavy (non-hydrogen) atoms. The number of halogens is 1. The first-order chi connectivity index (χ1) is 17.9. The van der Waals surface area contributed by atoms with Crippen molar-refractivity contribution >= 4 is 41.3 Å². The number of hydrogen-bond donors (Lipinski definition) is 2. The van der Waals surface area contributed by atoms with Crippen molar-refractivity contribution in [3.8, 4) is 0 Å². The maximum Gasteiger partial charge on any atom is 0.330 e. The maximum atomic E-state index is 14.7. The number of nitrogens with zero attached hydrogens (tertiary/aromatic N) is 1. The molecule has 1 saturated heterocycles. The van der Waals surface area contributed by atoms with Gasteiger partial charge < -0.3 is 25.0 Å². The number of esters is 2. The fourth-order valence-corrected chi connectivity index (χ4v) is 5.33. The standard InChI is InChI=1S/C27H32FN3O6S/c1-16(29-26(35)30-18-10-8-9-17(13-18)14-22(32)36-5)23(33)31-21(25(34)37-27(2,3)4)15-38-24(31)19-11-6-7-12-20(19)28/h6-13,16,21,24H,14-15H2,1-5H3,(H2,29,30,35)/t16-,21-,24+/m0/s1. The van der Waals surface area contributed by atoms with Crippen molar-refractivity contribution in [3.05, 3.63) is 65.5 Å². The molecule has 204 valence electrons. The van der Waals surface area contributed by atoms with Crippen molar-refractivity contribution in [1.29, 1.82) is 0 Å². The number of anilines is 1. The first kappa shape index (κ1) is 29.0. The highest BCUT2D eigenvalue weighted by Crippen LogP contribution is 2.43. The summed E-state index contributed by atoms with van der Waals surface area (Å²) in [6.45, 7) is 6.66. The van der Waals surface area contributed by atoms with Crippen molar-refractivity contribution in [2.24, 2.45) is 0 Å². The molecule has 3 amide bonds. The Balaban J connectivity index is 1.77. The van der Waals surface area contributed by atoms with Gasteiger partial charge in [0.2, 0.25) is 5.91 Å². The summed E-state index contributed by atoms with van der Waals surface area (Å²) in [6, 6.07) is 10.0. The van der Waals surface area contributed by atoms with E-state index in [1.165, 1.54) is 36.8 Å². The minimum atomic E-state index is -1.05. The lowest BCUT2D eigenvalue weighted by atomic mass is 10.1.